The van der Waals surface area contributed by atoms with Crippen molar-refractivity contribution in [3.63, 3.8) is 0 Å². The lowest BCUT2D eigenvalue weighted by Crippen LogP contribution is -2.47. The average Bonchev–Trinajstić information content (AvgIpc) is 3.24. The zero-order valence-corrected chi connectivity index (χ0v) is 13.2. The Bertz CT molecular complexity index is 505. The maximum absolute atomic E-state index is 7.75. The van der Waals surface area contributed by atoms with Crippen molar-refractivity contribution in [2.75, 3.05) is 37.6 Å². The van der Waals surface area contributed by atoms with Crippen molar-refractivity contribution in [3.8, 4) is 0 Å². The molecule has 0 aromatic heterocycles. The van der Waals surface area contributed by atoms with E-state index in [-0.39, 0.29) is 5.84 Å². The molecule has 1 saturated carbocycles. The highest BCUT2D eigenvalue weighted by Crippen LogP contribution is 2.30. The number of halogens is 1. The normalized spacial score (nSPS) is 20.1. The van der Waals surface area contributed by atoms with Gasteiger partial charge >= 0.3 is 0 Å². The molecule has 2 aliphatic rings. The summed E-state index contributed by atoms with van der Waals surface area (Å²) in [5.74, 6) is 1.10. The third-order valence-electron chi connectivity index (χ3n) is 4.18. The largest absolute Gasteiger partial charge is 0.384 e. The Morgan fingerprint density at radius 3 is 2.55 bits per heavy atom. The summed E-state index contributed by atoms with van der Waals surface area (Å²) < 4.78 is 0.971. The van der Waals surface area contributed by atoms with E-state index >= 15 is 0 Å². The van der Waals surface area contributed by atoms with Gasteiger partial charge in [0, 0.05) is 48.4 Å². The van der Waals surface area contributed by atoms with Crippen LogP contribution in [0.15, 0.2) is 22.7 Å². The van der Waals surface area contributed by atoms with Crippen LogP contribution in [0.2, 0.25) is 0 Å². The molecule has 5 heteroatoms. The van der Waals surface area contributed by atoms with Gasteiger partial charge in [-0.1, -0.05) is 15.9 Å². The van der Waals surface area contributed by atoms with Crippen LogP contribution in [0.4, 0.5) is 5.69 Å². The molecular weight excluding hydrogens is 316 g/mol. The zero-order chi connectivity index (χ0) is 14.1. The lowest BCUT2D eigenvalue weighted by molar-refractivity contribution is 0.248. The fourth-order valence-electron chi connectivity index (χ4n) is 2.84. The maximum Gasteiger partial charge on any atom is 0.124 e. The van der Waals surface area contributed by atoms with Crippen LogP contribution in [0.5, 0.6) is 0 Å². The Hall–Kier alpha value is -1.07. The van der Waals surface area contributed by atoms with E-state index in [4.69, 9.17) is 11.1 Å². The molecule has 0 amide bonds. The number of rotatable bonds is 4. The Balaban J connectivity index is 1.69. The minimum absolute atomic E-state index is 0.140. The van der Waals surface area contributed by atoms with Crippen molar-refractivity contribution in [3.05, 3.63) is 28.2 Å². The molecule has 1 heterocycles. The molecule has 20 heavy (non-hydrogen) atoms. The number of nitrogen functional groups attached to an aromatic ring is 1. The van der Waals surface area contributed by atoms with Gasteiger partial charge in [-0.15, -0.1) is 0 Å². The predicted molar refractivity (Wildman–Crippen MR) is 86.5 cm³/mol. The van der Waals surface area contributed by atoms with E-state index < -0.39 is 0 Å². The summed E-state index contributed by atoms with van der Waals surface area (Å²) in [6.45, 7) is 5.55. The van der Waals surface area contributed by atoms with Crippen molar-refractivity contribution in [2.45, 2.75) is 12.8 Å². The molecule has 108 valence electrons. The van der Waals surface area contributed by atoms with E-state index in [1.807, 2.05) is 12.1 Å². The fraction of sp³-hybridized carbons (Fsp3) is 0.533. The Morgan fingerprint density at radius 1 is 1.25 bits per heavy atom. The first-order valence-corrected chi connectivity index (χ1v) is 8.04. The smallest absolute Gasteiger partial charge is 0.124 e. The summed E-state index contributed by atoms with van der Waals surface area (Å²) in [4.78, 5) is 4.92. The summed E-state index contributed by atoms with van der Waals surface area (Å²) in [5, 5.41) is 7.75. The van der Waals surface area contributed by atoms with Crippen LogP contribution in [-0.4, -0.2) is 43.5 Å². The molecule has 1 aromatic carbocycles. The highest BCUT2D eigenvalue weighted by Gasteiger charge is 2.27. The topological polar surface area (TPSA) is 56.4 Å². The van der Waals surface area contributed by atoms with Crippen LogP contribution < -0.4 is 10.6 Å². The monoisotopic (exact) mass is 336 g/mol. The predicted octanol–water partition coefficient (Wildman–Crippen LogP) is 2.27. The lowest BCUT2D eigenvalue weighted by atomic mass is 10.1. The van der Waals surface area contributed by atoms with Crippen LogP contribution in [0, 0.1) is 11.3 Å². The molecule has 0 spiro atoms. The van der Waals surface area contributed by atoms with Gasteiger partial charge in [0.05, 0.1) is 0 Å². The molecule has 3 N–H and O–H groups in total. The molecule has 1 aromatic rings. The molecule has 1 aliphatic heterocycles. The van der Waals surface area contributed by atoms with E-state index in [1.54, 1.807) is 0 Å². The van der Waals surface area contributed by atoms with Gasteiger partial charge < -0.3 is 10.6 Å². The Labute approximate surface area is 128 Å². The molecule has 0 bridgehead atoms. The number of nitrogens with two attached hydrogens (primary N) is 1. The number of anilines is 1. The van der Waals surface area contributed by atoms with E-state index in [0.29, 0.717) is 0 Å². The molecule has 3 rings (SSSR count). The van der Waals surface area contributed by atoms with Crippen molar-refractivity contribution < 1.29 is 0 Å². The van der Waals surface area contributed by atoms with Gasteiger partial charge in [0.15, 0.2) is 0 Å². The van der Waals surface area contributed by atoms with Crippen LogP contribution in [0.1, 0.15) is 18.4 Å². The molecule has 2 fully saturated rings. The minimum Gasteiger partial charge on any atom is -0.384 e. The average molecular weight is 337 g/mol. The van der Waals surface area contributed by atoms with Gasteiger partial charge in [-0.25, -0.2) is 0 Å². The summed E-state index contributed by atoms with van der Waals surface area (Å²) in [5.41, 5.74) is 7.64. The third-order valence-corrected chi connectivity index (χ3v) is 4.67. The molecular formula is C15H21BrN4. The summed E-state index contributed by atoms with van der Waals surface area (Å²) in [6, 6.07) is 6.03. The second-order valence-electron chi connectivity index (χ2n) is 5.81. The second kappa shape index (κ2) is 5.74. The molecule has 0 atom stereocenters. The number of nitrogens with one attached hydrogen (secondary N) is 1. The molecule has 4 nitrogen and oxygen atoms in total. The van der Waals surface area contributed by atoms with Gasteiger partial charge in [0.1, 0.15) is 5.84 Å². The first-order valence-electron chi connectivity index (χ1n) is 7.25. The number of piperazine rings is 1. The third kappa shape index (κ3) is 3.15. The second-order valence-corrected chi connectivity index (χ2v) is 6.72. The summed E-state index contributed by atoms with van der Waals surface area (Å²) in [7, 11) is 0. The molecule has 0 unspecified atom stereocenters. The van der Waals surface area contributed by atoms with Crippen LogP contribution in [0.25, 0.3) is 0 Å². The van der Waals surface area contributed by atoms with E-state index in [2.05, 4.69) is 31.8 Å². The number of benzene rings is 1. The van der Waals surface area contributed by atoms with Gasteiger partial charge in [-0.05, 0) is 37.0 Å². The minimum atomic E-state index is 0.140. The van der Waals surface area contributed by atoms with Crippen LogP contribution in [-0.2, 0) is 0 Å². The Kier molecular flexibility index (Phi) is 3.98. The van der Waals surface area contributed by atoms with E-state index in [1.165, 1.54) is 19.4 Å². The Morgan fingerprint density at radius 2 is 1.95 bits per heavy atom. The summed E-state index contributed by atoms with van der Waals surface area (Å²) in [6.07, 6.45) is 2.84. The molecule has 1 aliphatic carbocycles. The van der Waals surface area contributed by atoms with Gasteiger partial charge in [-0.2, -0.15) is 0 Å². The molecule has 0 radical (unpaired) electrons. The quantitative estimate of drug-likeness (QED) is 0.655. The number of nitrogens with zero attached hydrogens (tertiary/aromatic N) is 2. The number of hydrogen-bond acceptors (Lipinski definition) is 3. The first kappa shape index (κ1) is 13.9. The van der Waals surface area contributed by atoms with E-state index in [0.717, 1.165) is 47.8 Å². The fourth-order valence-corrected chi connectivity index (χ4v) is 3.20. The highest BCUT2D eigenvalue weighted by molar-refractivity contribution is 9.10. The van der Waals surface area contributed by atoms with Crippen molar-refractivity contribution >= 4 is 27.5 Å². The van der Waals surface area contributed by atoms with Crippen molar-refractivity contribution in [1.29, 1.82) is 5.41 Å². The van der Waals surface area contributed by atoms with E-state index in [9.17, 15) is 0 Å². The maximum atomic E-state index is 7.75. The zero-order valence-electron chi connectivity index (χ0n) is 11.6. The first-order chi connectivity index (χ1) is 9.63. The SMILES string of the molecule is N=C(N)c1cc(Br)ccc1N1CCN(CC2CC2)CC1. The van der Waals surface area contributed by atoms with Crippen LogP contribution in [0.3, 0.4) is 0 Å². The standard InChI is InChI=1S/C15H21BrN4/c16-12-3-4-14(13(9-12)15(17)18)20-7-5-19(6-8-20)10-11-1-2-11/h3-4,9,11H,1-2,5-8,10H2,(H3,17,18). The lowest BCUT2D eigenvalue weighted by Gasteiger charge is -2.37. The highest BCUT2D eigenvalue weighted by atomic mass is 79.9. The number of amidine groups is 1. The van der Waals surface area contributed by atoms with Crippen LogP contribution >= 0.6 is 15.9 Å². The van der Waals surface area contributed by atoms with Gasteiger partial charge in [0.2, 0.25) is 0 Å². The number of hydrogen-bond donors (Lipinski definition) is 2. The van der Waals surface area contributed by atoms with Crippen molar-refractivity contribution in [1.82, 2.24) is 4.90 Å². The van der Waals surface area contributed by atoms with Crippen molar-refractivity contribution in [2.24, 2.45) is 11.7 Å². The van der Waals surface area contributed by atoms with Gasteiger partial charge in [0.25, 0.3) is 0 Å². The summed E-state index contributed by atoms with van der Waals surface area (Å²) >= 11 is 3.45. The van der Waals surface area contributed by atoms with Gasteiger partial charge in [-0.3, -0.25) is 10.3 Å². The molecule has 1 saturated heterocycles.